The van der Waals surface area contributed by atoms with Crippen LogP contribution in [-0.4, -0.2) is 0 Å². The standard InChI is InChI=1S/C23H18S/c1-2-6-15-9-5-10-19-22-20-14-17-8-4-3-7-16(17)13-18(20)11-12-21(22)24-23(15)19/h3-5,7-14H,2,6H2,1H3. The van der Waals surface area contributed by atoms with E-state index in [4.69, 9.17) is 0 Å². The van der Waals surface area contributed by atoms with Crippen molar-refractivity contribution in [3.05, 3.63) is 72.3 Å². The number of aryl methyl sites for hydroxylation is 1. The Kier molecular flexibility index (Phi) is 3.11. The fraction of sp³-hybridized carbons (Fsp3) is 0.130. The molecule has 0 N–H and O–H groups in total. The molecule has 5 aromatic rings. The highest BCUT2D eigenvalue weighted by Gasteiger charge is 2.11. The van der Waals surface area contributed by atoms with Crippen LogP contribution in [0.2, 0.25) is 0 Å². The maximum atomic E-state index is 2.37. The lowest BCUT2D eigenvalue weighted by Gasteiger charge is -2.05. The highest BCUT2D eigenvalue weighted by molar-refractivity contribution is 7.26. The van der Waals surface area contributed by atoms with Gasteiger partial charge in [0.15, 0.2) is 0 Å². The second-order valence-electron chi connectivity index (χ2n) is 6.51. The molecular weight excluding hydrogens is 308 g/mol. The third-order valence-corrected chi connectivity index (χ3v) is 6.19. The van der Waals surface area contributed by atoms with Gasteiger partial charge in [-0.1, -0.05) is 61.9 Å². The zero-order valence-electron chi connectivity index (χ0n) is 13.7. The van der Waals surface area contributed by atoms with Gasteiger partial charge >= 0.3 is 0 Å². The van der Waals surface area contributed by atoms with Gasteiger partial charge in [-0.2, -0.15) is 0 Å². The van der Waals surface area contributed by atoms with Gasteiger partial charge in [0.1, 0.15) is 0 Å². The van der Waals surface area contributed by atoms with Gasteiger partial charge in [-0.15, -0.1) is 11.3 Å². The summed E-state index contributed by atoms with van der Waals surface area (Å²) in [5.41, 5.74) is 1.49. The number of benzene rings is 4. The summed E-state index contributed by atoms with van der Waals surface area (Å²) in [5.74, 6) is 0. The Bertz CT molecular complexity index is 1210. The van der Waals surface area contributed by atoms with E-state index in [0.717, 1.165) is 6.42 Å². The summed E-state index contributed by atoms with van der Waals surface area (Å²) in [6.07, 6.45) is 2.35. The highest BCUT2D eigenvalue weighted by atomic mass is 32.1. The van der Waals surface area contributed by atoms with Crippen LogP contribution < -0.4 is 0 Å². The lowest BCUT2D eigenvalue weighted by atomic mass is 9.98. The van der Waals surface area contributed by atoms with Crippen molar-refractivity contribution < 1.29 is 0 Å². The van der Waals surface area contributed by atoms with Gasteiger partial charge in [0, 0.05) is 20.2 Å². The van der Waals surface area contributed by atoms with Gasteiger partial charge < -0.3 is 0 Å². The Morgan fingerprint density at radius 2 is 1.58 bits per heavy atom. The molecule has 0 nitrogen and oxygen atoms in total. The van der Waals surface area contributed by atoms with Crippen molar-refractivity contribution in [2.45, 2.75) is 19.8 Å². The second kappa shape index (κ2) is 5.32. The first kappa shape index (κ1) is 14.0. The predicted molar refractivity (Wildman–Crippen MR) is 108 cm³/mol. The van der Waals surface area contributed by atoms with Crippen molar-refractivity contribution in [2.24, 2.45) is 0 Å². The van der Waals surface area contributed by atoms with Crippen molar-refractivity contribution in [3.63, 3.8) is 0 Å². The molecule has 0 saturated carbocycles. The summed E-state index contributed by atoms with van der Waals surface area (Å²) >= 11 is 1.95. The van der Waals surface area contributed by atoms with E-state index in [2.05, 4.69) is 73.7 Å². The Balaban J connectivity index is 1.97. The number of fused-ring (bicyclic) bond motifs is 6. The molecule has 1 aromatic heterocycles. The van der Waals surface area contributed by atoms with Crippen LogP contribution in [0.3, 0.4) is 0 Å². The lowest BCUT2D eigenvalue weighted by molar-refractivity contribution is 0.931. The molecule has 0 fully saturated rings. The highest BCUT2D eigenvalue weighted by Crippen LogP contribution is 2.41. The van der Waals surface area contributed by atoms with Gasteiger partial charge in [0.2, 0.25) is 0 Å². The van der Waals surface area contributed by atoms with Crippen LogP contribution in [0, 0.1) is 0 Å². The fourth-order valence-electron chi connectivity index (χ4n) is 3.84. The molecule has 0 bridgehead atoms. The van der Waals surface area contributed by atoms with E-state index in [9.17, 15) is 0 Å². The molecule has 116 valence electrons. The first-order valence-electron chi connectivity index (χ1n) is 8.61. The van der Waals surface area contributed by atoms with Crippen molar-refractivity contribution in [2.75, 3.05) is 0 Å². The smallest absolute Gasteiger partial charge is 0.0387 e. The number of thiophene rings is 1. The van der Waals surface area contributed by atoms with Crippen molar-refractivity contribution in [1.29, 1.82) is 0 Å². The average Bonchev–Trinajstić information content (AvgIpc) is 3.00. The minimum absolute atomic E-state index is 1.16. The van der Waals surface area contributed by atoms with Gasteiger partial charge in [-0.3, -0.25) is 0 Å². The van der Waals surface area contributed by atoms with Crippen LogP contribution in [0.25, 0.3) is 41.7 Å². The van der Waals surface area contributed by atoms with Crippen LogP contribution in [0.4, 0.5) is 0 Å². The van der Waals surface area contributed by atoms with Crippen LogP contribution in [0.5, 0.6) is 0 Å². The van der Waals surface area contributed by atoms with Gasteiger partial charge in [0.05, 0.1) is 0 Å². The molecule has 0 unspecified atom stereocenters. The summed E-state index contributed by atoms with van der Waals surface area (Å²) < 4.78 is 2.87. The van der Waals surface area contributed by atoms with E-state index in [-0.39, 0.29) is 0 Å². The molecule has 5 rings (SSSR count). The fourth-order valence-corrected chi connectivity index (χ4v) is 5.09. The average molecular weight is 326 g/mol. The van der Waals surface area contributed by atoms with Crippen molar-refractivity contribution in [1.82, 2.24) is 0 Å². The Labute approximate surface area is 145 Å². The third-order valence-electron chi connectivity index (χ3n) is 4.95. The largest absolute Gasteiger partial charge is 0.135 e. The molecule has 1 heteroatoms. The first-order valence-corrected chi connectivity index (χ1v) is 9.42. The zero-order chi connectivity index (χ0) is 16.1. The van der Waals surface area contributed by atoms with Crippen molar-refractivity contribution >= 4 is 53.1 Å². The molecule has 0 atom stereocenters. The third kappa shape index (κ3) is 1.98. The Morgan fingerprint density at radius 1 is 0.750 bits per heavy atom. The summed E-state index contributed by atoms with van der Waals surface area (Å²) in [6.45, 7) is 2.26. The summed E-state index contributed by atoms with van der Waals surface area (Å²) in [7, 11) is 0. The van der Waals surface area contributed by atoms with Gasteiger partial charge in [0.25, 0.3) is 0 Å². The second-order valence-corrected chi connectivity index (χ2v) is 7.56. The van der Waals surface area contributed by atoms with Gasteiger partial charge in [-0.25, -0.2) is 0 Å². The molecule has 24 heavy (non-hydrogen) atoms. The molecule has 0 spiro atoms. The molecule has 1 heterocycles. The lowest BCUT2D eigenvalue weighted by Crippen LogP contribution is -1.82. The van der Waals surface area contributed by atoms with E-state index < -0.39 is 0 Å². The molecule has 0 aliphatic heterocycles. The molecule has 0 aliphatic rings. The van der Waals surface area contributed by atoms with Crippen LogP contribution in [0.1, 0.15) is 18.9 Å². The molecule has 4 aromatic carbocycles. The summed E-state index contributed by atoms with van der Waals surface area (Å²) in [6, 6.07) is 24.7. The number of hydrogen-bond donors (Lipinski definition) is 0. The van der Waals surface area contributed by atoms with Crippen LogP contribution >= 0.6 is 11.3 Å². The molecule has 0 aliphatic carbocycles. The normalized spacial score (nSPS) is 11.9. The zero-order valence-corrected chi connectivity index (χ0v) is 14.5. The molecular formula is C23H18S. The molecule has 0 saturated heterocycles. The summed E-state index contributed by atoms with van der Waals surface area (Å²) in [5, 5.41) is 8.20. The van der Waals surface area contributed by atoms with Crippen LogP contribution in [0.15, 0.2) is 66.7 Å². The van der Waals surface area contributed by atoms with Crippen molar-refractivity contribution in [3.8, 4) is 0 Å². The maximum absolute atomic E-state index is 2.37. The monoisotopic (exact) mass is 326 g/mol. The number of hydrogen-bond acceptors (Lipinski definition) is 1. The Morgan fingerprint density at radius 3 is 2.42 bits per heavy atom. The quantitative estimate of drug-likeness (QED) is 0.298. The van der Waals surface area contributed by atoms with E-state index in [1.54, 1.807) is 0 Å². The minimum Gasteiger partial charge on any atom is -0.135 e. The Hall–Kier alpha value is -2.38. The predicted octanol–water partition coefficient (Wildman–Crippen LogP) is 7.31. The minimum atomic E-state index is 1.16. The summed E-state index contributed by atoms with van der Waals surface area (Å²) in [4.78, 5) is 0. The van der Waals surface area contributed by atoms with E-state index in [1.165, 1.54) is 53.7 Å². The topological polar surface area (TPSA) is 0 Å². The molecule has 0 radical (unpaired) electrons. The van der Waals surface area contributed by atoms with E-state index in [1.807, 2.05) is 11.3 Å². The molecule has 0 amide bonds. The van der Waals surface area contributed by atoms with E-state index in [0.29, 0.717) is 0 Å². The maximum Gasteiger partial charge on any atom is 0.0387 e. The van der Waals surface area contributed by atoms with Gasteiger partial charge in [-0.05, 0) is 51.7 Å². The number of rotatable bonds is 2. The SMILES string of the molecule is CCCc1cccc2c1sc1ccc3cc4ccccc4cc3c12. The van der Waals surface area contributed by atoms with E-state index >= 15 is 0 Å². The first-order chi connectivity index (χ1) is 11.8. The van der Waals surface area contributed by atoms with Crippen LogP contribution in [-0.2, 0) is 6.42 Å².